The third-order valence-corrected chi connectivity index (χ3v) is 4.66. The van der Waals surface area contributed by atoms with E-state index in [-0.39, 0.29) is 16.8 Å². The van der Waals surface area contributed by atoms with E-state index in [9.17, 15) is 4.79 Å². The summed E-state index contributed by atoms with van der Waals surface area (Å²) in [6.07, 6.45) is 0. The van der Waals surface area contributed by atoms with Gasteiger partial charge in [0.05, 0.1) is 12.7 Å². The number of rotatable bonds is 5. The smallest absolute Gasteiger partial charge is 0.274 e. The maximum Gasteiger partial charge on any atom is 0.274 e. The third kappa shape index (κ3) is 4.01. The molecule has 0 spiro atoms. The van der Waals surface area contributed by atoms with E-state index >= 15 is 0 Å². The molecule has 1 amide bonds. The van der Waals surface area contributed by atoms with Crippen molar-refractivity contribution in [2.45, 2.75) is 6.92 Å². The molecule has 0 aliphatic carbocycles. The summed E-state index contributed by atoms with van der Waals surface area (Å²) >= 11 is 5.85. The first kappa shape index (κ1) is 19.6. The Morgan fingerprint density at radius 3 is 2.63 bits per heavy atom. The first-order chi connectivity index (χ1) is 14.5. The van der Waals surface area contributed by atoms with E-state index in [4.69, 9.17) is 20.9 Å². The van der Waals surface area contributed by atoms with Crippen molar-refractivity contribution in [2.75, 3.05) is 12.4 Å². The van der Waals surface area contributed by atoms with E-state index in [1.807, 2.05) is 31.2 Å². The molecule has 0 saturated heterocycles. The standard InChI is InChI=1S/C22H17ClN4O3/c1-13-6-3-4-7-15(13)22-26-20(27-30-22)16-11-10-14(12-18(16)29-2)24-21(28)17-8-5-9-19(23)25-17/h3-12H,1-2H3,(H,24,28). The number of hydrogen-bond acceptors (Lipinski definition) is 6. The fourth-order valence-electron chi connectivity index (χ4n) is 2.94. The Morgan fingerprint density at radius 1 is 1.03 bits per heavy atom. The second-order valence-electron chi connectivity index (χ2n) is 6.45. The third-order valence-electron chi connectivity index (χ3n) is 4.45. The van der Waals surface area contributed by atoms with Crippen molar-refractivity contribution in [3.05, 3.63) is 77.1 Å². The number of nitrogens with zero attached hydrogens (tertiary/aromatic N) is 3. The zero-order valence-electron chi connectivity index (χ0n) is 16.2. The number of carbonyl (C=O) groups is 1. The van der Waals surface area contributed by atoms with Crippen molar-refractivity contribution < 1.29 is 14.1 Å². The molecule has 8 heteroatoms. The van der Waals surface area contributed by atoms with Gasteiger partial charge in [0, 0.05) is 17.3 Å². The molecule has 0 aliphatic rings. The summed E-state index contributed by atoms with van der Waals surface area (Å²) in [5.74, 6) is 0.923. The highest BCUT2D eigenvalue weighted by molar-refractivity contribution is 6.29. The fourth-order valence-corrected chi connectivity index (χ4v) is 3.10. The first-order valence-electron chi connectivity index (χ1n) is 9.07. The molecule has 0 fully saturated rings. The summed E-state index contributed by atoms with van der Waals surface area (Å²) in [5.41, 5.74) is 3.29. The second kappa shape index (κ2) is 8.34. The maximum absolute atomic E-state index is 12.4. The van der Waals surface area contributed by atoms with Crippen LogP contribution in [0.5, 0.6) is 5.75 Å². The summed E-state index contributed by atoms with van der Waals surface area (Å²) in [6, 6.07) is 17.8. The minimum absolute atomic E-state index is 0.214. The van der Waals surface area contributed by atoms with Gasteiger partial charge in [-0.1, -0.05) is 41.0 Å². The minimum Gasteiger partial charge on any atom is -0.496 e. The molecule has 30 heavy (non-hydrogen) atoms. The lowest BCUT2D eigenvalue weighted by molar-refractivity contribution is 0.102. The summed E-state index contributed by atoms with van der Waals surface area (Å²) in [6.45, 7) is 1.98. The summed E-state index contributed by atoms with van der Waals surface area (Å²) in [7, 11) is 1.53. The van der Waals surface area contributed by atoms with E-state index < -0.39 is 0 Å². The van der Waals surface area contributed by atoms with Crippen LogP contribution in [0.4, 0.5) is 5.69 Å². The SMILES string of the molecule is COc1cc(NC(=O)c2cccc(Cl)n2)ccc1-c1noc(-c2ccccc2C)n1. The zero-order chi connectivity index (χ0) is 21.1. The molecule has 0 aliphatic heterocycles. The van der Waals surface area contributed by atoms with Crippen LogP contribution in [0.1, 0.15) is 16.1 Å². The van der Waals surface area contributed by atoms with Crippen molar-refractivity contribution >= 4 is 23.2 Å². The van der Waals surface area contributed by atoms with Crippen LogP contribution in [0.2, 0.25) is 5.15 Å². The van der Waals surface area contributed by atoms with Gasteiger partial charge in [-0.2, -0.15) is 4.98 Å². The van der Waals surface area contributed by atoms with Crippen LogP contribution in [-0.4, -0.2) is 28.1 Å². The molecule has 4 rings (SSSR count). The van der Waals surface area contributed by atoms with Crippen molar-refractivity contribution in [3.63, 3.8) is 0 Å². The van der Waals surface area contributed by atoms with Gasteiger partial charge in [0.15, 0.2) is 0 Å². The molecule has 1 N–H and O–H groups in total. The Labute approximate surface area is 177 Å². The predicted octanol–water partition coefficient (Wildman–Crippen LogP) is 5.02. The lowest BCUT2D eigenvalue weighted by atomic mass is 10.1. The number of halogens is 1. The second-order valence-corrected chi connectivity index (χ2v) is 6.84. The molecule has 4 aromatic rings. The van der Waals surface area contributed by atoms with Gasteiger partial charge in [-0.05, 0) is 42.8 Å². The topological polar surface area (TPSA) is 90.1 Å². The number of pyridine rings is 1. The average Bonchev–Trinajstić information content (AvgIpc) is 3.23. The number of ether oxygens (including phenoxy) is 1. The predicted molar refractivity (Wildman–Crippen MR) is 114 cm³/mol. The van der Waals surface area contributed by atoms with Crippen LogP contribution in [0.15, 0.2) is 65.2 Å². The maximum atomic E-state index is 12.4. The number of anilines is 1. The van der Waals surface area contributed by atoms with Gasteiger partial charge in [0.1, 0.15) is 16.6 Å². The van der Waals surface area contributed by atoms with Gasteiger partial charge in [-0.25, -0.2) is 4.98 Å². The van der Waals surface area contributed by atoms with Gasteiger partial charge in [-0.3, -0.25) is 4.79 Å². The number of methoxy groups -OCH3 is 1. The van der Waals surface area contributed by atoms with E-state index in [0.717, 1.165) is 11.1 Å². The van der Waals surface area contributed by atoms with Crippen molar-refractivity contribution in [1.29, 1.82) is 0 Å². The number of hydrogen-bond donors (Lipinski definition) is 1. The van der Waals surface area contributed by atoms with E-state index in [2.05, 4.69) is 20.4 Å². The minimum atomic E-state index is -0.381. The molecule has 2 aromatic heterocycles. The largest absolute Gasteiger partial charge is 0.496 e. The quantitative estimate of drug-likeness (QED) is 0.456. The van der Waals surface area contributed by atoms with Crippen LogP contribution >= 0.6 is 11.6 Å². The number of amides is 1. The normalized spacial score (nSPS) is 10.6. The van der Waals surface area contributed by atoms with Crippen LogP contribution in [0.3, 0.4) is 0 Å². The summed E-state index contributed by atoms with van der Waals surface area (Å²) in [4.78, 5) is 20.9. The number of aryl methyl sites for hydroxylation is 1. The zero-order valence-corrected chi connectivity index (χ0v) is 17.0. The molecule has 0 atom stereocenters. The molecular weight excluding hydrogens is 404 g/mol. The number of benzene rings is 2. The van der Waals surface area contributed by atoms with E-state index in [1.54, 1.807) is 36.4 Å². The molecule has 0 saturated carbocycles. The van der Waals surface area contributed by atoms with Gasteiger partial charge < -0.3 is 14.6 Å². The van der Waals surface area contributed by atoms with Crippen LogP contribution in [0.25, 0.3) is 22.8 Å². The summed E-state index contributed by atoms with van der Waals surface area (Å²) < 4.78 is 10.9. The molecule has 0 unspecified atom stereocenters. The molecule has 2 aromatic carbocycles. The molecule has 7 nitrogen and oxygen atoms in total. The average molecular weight is 421 g/mol. The Balaban J connectivity index is 1.60. The molecular formula is C22H17ClN4O3. The van der Waals surface area contributed by atoms with Gasteiger partial charge in [0.25, 0.3) is 11.8 Å². The number of aromatic nitrogens is 3. The number of carbonyl (C=O) groups excluding carboxylic acids is 1. The Kier molecular flexibility index (Phi) is 5.45. The number of nitrogens with one attached hydrogen (secondary N) is 1. The lowest BCUT2D eigenvalue weighted by Crippen LogP contribution is -2.13. The molecule has 0 bridgehead atoms. The Bertz CT molecular complexity index is 1220. The monoisotopic (exact) mass is 420 g/mol. The summed E-state index contributed by atoms with van der Waals surface area (Å²) in [5, 5.41) is 7.10. The van der Waals surface area contributed by atoms with Crippen LogP contribution < -0.4 is 10.1 Å². The van der Waals surface area contributed by atoms with Crippen molar-refractivity contribution in [3.8, 4) is 28.6 Å². The molecule has 0 radical (unpaired) electrons. The highest BCUT2D eigenvalue weighted by atomic mass is 35.5. The van der Waals surface area contributed by atoms with Crippen molar-refractivity contribution in [2.24, 2.45) is 0 Å². The van der Waals surface area contributed by atoms with Gasteiger partial charge in [-0.15, -0.1) is 0 Å². The van der Waals surface area contributed by atoms with Crippen molar-refractivity contribution in [1.82, 2.24) is 15.1 Å². The Morgan fingerprint density at radius 2 is 1.87 bits per heavy atom. The highest BCUT2D eigenvalue weighted by Gasteiger charge is 2.17. The highest BCUT2D eigenvalue weighted by Crippen LogP contribution is 2.32. The molecule has 150 valence electrons. The lowest BCUT2D eigenvalue weighted by Gasteiger charge is -2.09. The van der Waals surface area contributed by atoms with Gasteiger partial charge in [0.2, 0.25) is 5.82 Å². The van der Waals surface area contributed by atoms with E-state index in [0.29, 0.717) is 28.7 Å². The first-order valence-corrected chi connectivity index (χ1v) is 9.45. The Hall–Kier alpha value is -3.71. The molecule has 2 heterocycles. The van der Waals surface area contributed by atoms with Crippen LogP contribution in [-0.2, 0) is 0 Å². The van der Waals surface area contributed by atoms with E-state index in [1.165, 1.54) is 7.11 Å². The van der Waals surface area contributed by atoms with Gasteiger partial charge >= 0.3 is 0 Å². The fraction of sp³-hybridized carbons (Fsp3) is 0.0909. The van der Waals surface area contributed by atoms with Crippen LogP contribution in [0, 0.1) is 6.92 Å².